The van der Waals surface area contributed by atoms with Crippen molar-refractivity contribution in [3.63, 3.8) is 0 Å². The molecule has 1 fully saturated rings. The average Bonchev–Trinajstić information content (AvgIpc) is 3.32. The van der Waals surface area contributed by atoms with E-state index in [4.69, 9.17) is 4.74 Å². The zero-order valence-electron chi connectivity index (χ0n) is 10.8. The molecule has 19 heavy (non-hydrogen) atoms. The lowest BCUT2D eigenvalue weighted by Crippen LogP contribution is -2.30. The third-order valence-electron chi connectivity index (χ3n) is 3.59. The Morgan fingerprint density at radius 3 is 2.11 bits per heavy atom. The lowest BCUT2D eigenvalue weighted by atomic mass is 10.0. The summed E-state index contributed by atoms with van der Waals surface area (Å²) in [6.07, 6.45) is 1.93. The van der Waals surface area contributed by atoms with E-state index in [1.165, 1.54) is 0 Å². The molecule has 2 aromatic carbocycles. The number of ether oxygens (including phenoxy) is 1. The normalized spacial score (nSPS) is 17.9. The van der Waals surface area contributed by atoms with Gasteiger partial charge in [-0.05, 0) is 18.4 Å². The maximum Gasteiger partial charge on any atom is 0.231 e. The Morgan fingerprint density at radius 2 is 1.53 bits per heavy atom. The summed E-state index contributed by atoms with van der Waals surface area (Å²) >= 11 is 0. The maximum absolute atomic E-state index is 13.0. The van der Waals surface area contributed by atoms with Crippen molar-refractivity contribution in [3.05, 3.63) is 71.8 Å². The fraction of sp³-hybridized carbons (Fsp3) is 0.294. The molecule has 1 unspecified atom stereocenters. The maximum atomic E-state index is 13.0. The first kappa shape index (κ1) is 12.4. The minimum Gasteiger partial charge on any atom is -0.339 e. The molecule has 3 rings (SSSR count). The van der Waals surface area contributed by atoms with Gasteiger partial charge >= 0.3 is 0 Å². The predicted octanol–water partition coefficient (Wildman–Crippen LogP) is 3.90. The SMILES string of the molecule is [O]C(OCc1ccccc1)(c1ccccc1)C1CC1. The van der Waals surface area contributed by atoms with Crippen LogP contribution in [0.1, 0.15) is 24.0 Å². The Hall–Kier alpha value is -1.64. The Morgan fingerprint density at radius 1 is 0.947 bits per heavy atom. The quantitative estimate of drug-likeness (QED) is 0.743. The molecule has 1 aliphatic rings. The second kappa shape index (κ2) is 5.16. The first-order chi connectivity index (χ1) is 9.29. The lowest BCUT2D eigenvalue weighted by molar-refractivity contribution is -0.271. The molecular weight excluding hydrogens is 236 g/mol. The first-order valence-corrected chi connectivity index (χ1v) is 6.73. The van der Waals surface area contributed by atoms with Gasteiger partial charge in [-0.2, -0.15) is 5.11 Å². The van der Waals surface area contributed by atoms with Crippen molar-refractivity contribution in [1.29, 1.82) is 0 Å². The molecule has 0 amide bonds. The van der Waals surface area contributed by atoms with Crippen molar-refractivity contribution in [2.45, 2.75) is 25.2 Å². The van der Waals surface area contributed by atoms with E-state index in [-0.39, 0.29) is 5.92 Å². The largest absolute Gasteiger partial charge is 0.339 e. The summed E-state index contributed by atoms with van der Waals surface area (Å²) in [4.78, 5) is 0. The Bertz CT molecular complexity index is 519. The van der Waals surface area contributed by atoms with Crippen molar-refractivity contribution in [3.8, 4) is 0 Å². The van der Waals surface area contributed by atoms with E-state index < -0.39 is 5.79 Å². The lowest BCUT2D eigenvalue weighted by Gasteiger charge is -2.26. The molecule has 1 aliphatic carbocycles. The Balaban J connectivity index is 1.78. The van der Waals surface area contributed by atoms with Gasteiger partial charge in [0.15, 0.2) is 0 Å². The van der Waals surface area contributed by atoms with E-state index in [1.807, 2.05) is 60.7 Å². The van der Waals surface area contributed by atoms with Crippen molar-refractivity contribution < 1.29 is 9.84 Å². The molecule has 2 aromatic rings. The van der Waals surface area contributed by atoms with Crippen LogP contribution in [0.3, 0.4) is 0 Å². The van der Waals surface area contributed by atoms with Crippen LogP contribution in [0.2, 0.25) is 0 Å². The highest BCUT2D eigenvalue weighted by Crippen LogP contribution is 2.47. The van der Waals surface area contributed by atoms with Gasteiger partial charge in [0, 0.05) is 11.5 Å². The third-order valence-corrected chi connectivity index (χ3v) is 3.59. The second-order valence-electron chi connectivity index (χ2n) is 5.08. The summed E-state index contributed by atoms with van der Waals surface area (Å²) in [6, 6.07) is 19.3. The predicted molar refractivity (Wildman–Crippen MR) is 72.8 cm³/mol. The van der Waals surface area contributed by atoms with Crippen LogP contribution < -0.4 is 0 Å². The summed E-state index contributed by atoms with van der Waals surface area (Å²) in [6.45, 7) is 0.371. The van der Waals surface area contributed by atoms with Gasteiger partial charge in [-0.15, -0.1) is 0 Å². The van der Waals surface area contributed by atoms with E-state index in [1.54, 1.807) is 0 Å². The molecule has 1 radical (unpaired) electrons. The molecule has 0 bridgehead atoms. The third kappa shape index (κ3) is 2.70. The van der Waals surface area contributed by atoms with Crippen LogP contribution in [-0.4, -0.2) is 0 Å². The van der Waals surface area contributed by atoms with Gasteiger partial charge in [-0.25, -0.2) is 0 Å². The minimum absolute atomic E-state index is 0.110. The monoisotopic (exact) mass is 253 g/mol. The fourth-order valence-corrected chi connectivity index (χ4v) is 2.34. The second-order valence-corrected chi connectivity index (χ2v) is 5.08. The number of hydrogen-bond acceptors (Lipinski definition) is 1. The van der Waals surface area contributed by atoms with E-state index >= 15 is 0 Å². The highest BCUT2D eigenvalue weighted by molar-refractivity contribution is 5.22. The topological polar surface area (TPSA) is 29.1 Å². The van der Waals surface area contributed by atoms with Crippen molar-refractivity contribution >= 4 is 0 Å². The Kier molecular flexibility index (Phi) is 3.36. The van der Waals surface area contributed by atoms with Gasteiger partial charge in [0.25, 0.3) is 0 Å². The van der Waals surface area contributed by atoms with E-state index in [2.05, 4.69) is 0 Å². The standard InChI is InChI=1S/C17H17O2/c18-17(16-11-12-16,15-9-5-2-6-10-15)19-13-14-7-3-1-4-8-14/h1-10,16H,11-13H2. The van der Waals surface area contributed by atoms with Crippen LogP contribution in [0.5, 0.6) is 0 Å². The zero-order chi connectivity index (χ0) is 13.1. The van der Waals surface area contributed by atoms with E-state index in [9.17, 15) is 5.11 Å². The first-order valence-electron chi connectivity index (χ1n) is 6.73. The molecular formula is C17H17O2. The average molecular weight is 253 g/mol. The van der Waals surface area contributed by atoms with Gasteiger partial charge in [0.1, 0.15) is 0 Å². The molecule has 0 spiro atoms. The van der Waals surface area contributed by atoms with E-state index in [0.29, 0.717) is 6.61 Å². The molecule has 0 N–H and O–H groups in total. The molecule has 2 nitrogen and oxygen atoms in total. The van der Waals surface area contributed by atoms with Crippen LogP contribution in [-0.2, 0) is 22.2 Å². The molecule has 2 heteroatoms. The molecule has 1 saturated carbocycles. The summed E-state index contributed by atoms with van der Waals surface area (Å²) in [5.41, 5.74) is 1.78. The molecule has 0 aliphatic heterocycles. The number of benzene rings is 2. The van der Waals surface area contributed by atoms with Gasteiger partial charge < -0.3 is 4.74 Å². The Labute approximate surface area is 113 Å². The molecule has 0 heterocycles. The molecule has 0 saturated heterocycles. The van der Waals surface area contributed by atoms with E-state index in [0.717, 1.165) is 24.0 Å². The number of rotatable bonds is 5. The summed E-state index contributed by atoms with van der Waals surface area (Å²) in [5.74, 6) is -1.28. The van der Waals surface area contributed by atoms with Crippen molar-refractivity contribution in [2.24, 2.45) is 5.92 Å². The van der Waals surface area contributed by atoms with Crippen LogP contribution in [0.25, 0.3) is 0 Å². The highest BCUT2D eigenvalue weighted by atomic mass is 16.6. The summed E-state index contributed by atoms with van der Waals surface area (Å²) in [7, 11) is 0. The van der Waals surface area contributed by atoms with Crippen molar-refractivity contribution in [2.75, 3.05) is 0 Å². The zero-order valence-corrected chi connectivity index (χ0v) is 10.8. The molecule has 0 aromatic heterocycles. The van der Waals surface area contributed by atoms with Crippen LogP contribution >= 0.6 is 0 Å². The van der Waals surface area contributed by atoms with Gasteiger partial charge in [0.2, 0.25) is 5.79 Å². The van der Waals surface area contributed by atoms with Crippen LogP contribution in [0, 0.1) is 5.92 Å². The smallest absolute Gasteiger partial charge is 0.231 e. The summed E-state index contributed by atoms with van der Waals surface area (Å²) in [5, 5.41) is 13.0. The van der Waals surface area contributed by atoms with Gasteiger partial charge in [-0.3, -0.25) is 0 Å². The number of hydrogen-bond donors (Lipinski definition) is 0. The van der Waals surface area contributed by atoms with Crippen LogP contribution in [0.15, 0.2) is 60.7 Å². The summed E-state index contributed by atoms with van der Waals surface area (Å²) < 4.78 is 5.77. The minimum atomic E-state index is -1.39. The molecule has 1 atom stereocenters. The van der Waals surface area contributed by atoms with Gasteiger partial charge in [0.05, 0.1) is 6.61 Å². The van der Waals surface area contributed by atoms with Crippen LogP contribution in [0.4, 0.5) is 0 Å². The fourth-order valence-electron chi connectivity index (χ4n) is 2.34. The van der Waals surface area contributed by atoms with Gasteiger partial charge in [-0.1, -0.05) is 60.7 Å². The van der Waals surface area contributed by atoms with Crippen molar-refractivity contribution in [1.82, 2.24) is 0 Å². The highest BCUT2D eigenvalue weighted by Gasteiger charge is 2.48. The molecule has 97 valence electrons.